The molecule has 0 atom stereocenters. The van der Waals surface area contributed by atoms with Crippen LogP contribution in [0.1, 0.15) is 77.3 Å². The van der Waals surface area contributed by atoms with Gasteiger partial charge in [-0.1, -0.05) is 75.1 Å². The fourth-order valence-electron chi connectivity index (χ4n) is 4.51. The van der Waals surface area contributed by atoms with Crippen molar-refractivity contribution < 1.29 is 14.3 Å². The summed E-state index contributed by atoms with van der Waals surface area (Å²) in [6.07, 6.45) is 6.56. The van der Waals surface area contributed by atoms with Gasteiger partial charge in [-0.05, 0) is 63.3 Å². The lowest BCUT2D eigenvalue weighted by atomic mass is 10.1. The Hall–Kier alpha value is -3.88. The number of carbonyl (C=O) groups is 1. The minimum absolute atomic E-state index is 0.183. The highest BCUT2D eigenvalue weighted by Crippen LogP contribution is 2.21. The molecule has 0 amide bonds. The fraction of sp³-hybridized carbons (Fsp3) is 0.500. The van der Waals surface area contributed by atoms with Crippen LogP contribution in [0.3, 0.4) is 0 Å². The van der Waals surface area contributed by atoms with Crippen molar-refractivity contribution in [1.82, 2.24) is 14.3 Å². The molecule has 0 saturated carbocycles. The predicted octanol–water partition coefficient (Wildman–Crippen LogP) is 5.19. The average Bonchev–Trinajstić information content (AvgIpc) is 2.95. The zero-order valence-electron chi connectivity index (χ0n) is 24.9. The lowest BCUT2D eigenvalue weighted by Crippen LogP contribution is -2.43. The molecule has 0 spiro atoms. The summed E-state index contributed by atoms with van der Waals surface area (Å²) in [6.45, 7) is 8.75. The van der Waals surface area contributed by atoms with Gasteiger partial charge in [0, 0.05) is 13.1 Å². The monoisotopic (exact) mass is 564 g/mol. The van der Waals surface area contributed by atoms with Gasteiger partial charge in [0.1, 0.15) is 5.75 Å². The number of nitrogens with one attached hydrogen (secondary N) is 1. The summed E-state index contributed by atoms with van der Waals surface area (Å²) in [4.78, 5) is 38.6. The van der Waals surface area contributed by atoms with Crippen LogP contribution in [0.4, 0.5) is 5.82 Å². The maximum absolute atomic E-state index is 13.2. The Morgan fingerprint density at radius 3 is 2.39 bits per heavy atom. The van der Waals surface area contributed by atoms with E-state index < -0.39 is 11.6 Å². The minimum Gasteiger partial charge on any atom is -0.476 e. The third-order valence-corrected chi connectivity index (χ3v) is 6.75. The van der Waals surface area contributed by atoms with Gasteiger partial charge in [0.05, 0.1) is 13.2 Å². The molecular formula is C32H44N4O5. The molecule has 1 aromatic heterocycles. The van der Waals surface area contributed by atoms with Gasteiger partial charge in [0.2, 0.25) is 5.82 Å². The highest BCUT2D eigenvalue weighted by Gasteiger charge is 2.31. The topological polar surface area (TPSA) is 104 Å². The van der Waals surface area contributed by atoms with Crippen LogP contribution in [0.15, 0.2) is 64.2 Å². The normalized spacial score (nSPS) is 11.3. The molecule has 222 valence electrons. The van der Waals surface area contributed by atoms with Crippen LogP contribution in [0.5, 0.6) is 5.75 Å². The molecular weight excluding hydrogens is 520 g/mol. The van der Waals surface area contributed by atoms with E-state index >= 15 is 0 Å². The first-order valence-electron chi connectivity index (χ1n) is 14.7. The summed E-state index contributed by atoms with van der Waals surface area (Å²) < 4.78 is 13.7. The number of rotatable bonds is 17. The minimum atomic E-state index is -1.10. The first-order valence-corrected chi connectivity index (χ1v) is 14.7. The number of nitrogens with zero attached hydrogens (tertiary/aromatic N) is 3. The number of hydrogen-bond donors (Lipinski definition) is 1. The van der Waals surface area contributed by atoms with Gasteiger partial charge in [-0.3, -0.25) is 9.36 Å². The van der Waals surface area contributed by atoms with Crippen LogP contribution in [0.2, 0.25) is 0 Å². The van der Waals surface area contributed by atoms with Gasteiger partial charge in [-0.2, -0.15) is 0 Å². The molecule has 3 rings (SSSR count). The smallest absolute Gasteiger partial charge is 0.349 e. The second-order valence-electron chi connectivity index (χ2n) is 10.7. The molecule has 0 bridgehead atoms. The van der Waals surface area contributed by atoms with Crippen molar-refractivity contribution in [3.63, 3.8) is 0 Å². The van der Waals surface area contributed by atoms with Crippen LogP contribution in [-0.2, 0) is 29.0 Å². The van der Waals surface area contributed by atoms with E-state index in [2.05, 4.69) is 17.3 Å². The molecule has 2 aromatic carbocycles. The molecule has 0 fully saturated rings. The molecule has 0 saturated heterocycles. The number of ether oxygens (including phenoxy) is 2. The molecule has 9 nitrogen and oxygen atoms in total. The highest BCUT2D eigenvalue weighted by atomic mass is 16.6. The second-order valence-corrected chi connectivity index (χ2v) is 10.7. The summed E-state index contributed by atoms with van der Waals surface area (Å²) in [5.41, 5.74) is 0.111. The lowest BCUT2D eigenvalue weighted by molar-refractivity contribution is -0.158. The predicted molar refractivity (Wildman–Crippen MR) is 162 cm³/mol. The van der Waals surface area contributed by atoms with Crippen LogP contribution >= 0.6 is 0 Å². The van der Waals surface area contributed by atoms with Crippen LogP contribution in [0.25, 0.3) is 0 Å². The molecule has 1 N–H and O–H groups in total. The zero-order valence-corrected chi connectivity index (χ0v) is 24.9. The molecule has 0 aliphatic heterocycles. The molecule has 0 aliphatic rings. The third kappa shape index (κ3) is 9.62. The highest BCUT2D eigenvalue weighted by molar-refractivity contribution is 5.79. The number of esters is 1. The number of aromatic nitrogens is 3. The summed E-state index contributed by atoms with van der Waals surface area (Å²) in [5, 5.41) is 7.58. The van der Waals surface area contributed by atoms with E-state index in [1.54, 1.807) is 20.8 Å². The fourth-order valence-corrected chi connectivity index (χ4v) is 4.51. The molecule has 3 aromatic rings. The molecule has 0 radical (unpaired) electrons. The lowest BCUT2D eigenvalue weighted by Gasteiger charge is -2.24. The molecule has 0 aliphatic carbocycles. The number of aryl methyl sites for hydroxylation is 1. The Morgan fingerprint density at radius 1 is 0.927 bits per heavy atom. The van der Waals surface area contributed by atoms with Crippen molar-refractivity contribution in [3.8, 4) is 5.75 Å². The first kappa shape index (κ1) is 31.6. The molecule has 41 heavy (non-hydrogen) atoms. The standard InChI is InChI=1S/C32H44N4O5/c1-5-7-8-9-13-22-35-29(37)28(34-36(31(35)39)24-26-16-11-10-12-17-26)33-21-15-19-25-18-14-20-27(23-25)41-32(3,4)30(38)40-6-2/h10-12,14,16-18,20,23H,5-9,13,15,19,21-22,24H2,1-4H3,(H,33,34). The SMILES string of the molecule is CCCCCCCn1c(=O)c(NCCCc2cccc(OC(C)(C)C(=O)OCC)c2)nn(Cc2ccccc2)c1=O. The van der Waals surface area contributed by atoms with Crippen molar-refractivity contribution in [2.24, 2.45) is 0 Å². The van der Waals surface area contributed by atoms with E-state index in [4.69, 9.17) is 9.47 Å². The molecule has 0 unspecified atom stereocenters. The van der Waals surface area contributed by atoms with Gasteiger partial charge >= 0.3 is 11.7 Å². The third-order valence-electron chi connectivity index (χ3n) is 6.75. The quantitative estimate of drug-likeness (QED) is 0.178. The van der Waals surface area contributed by atoms with Gasteiger partial charge in [0.15, 0.2) is 5.60 Å². The number of benzene rings is 2. The van der Waals surface area contributed by atoms with Crippen LogP contribution in [-0.4, -0.2) is 39.1 Å². The Bertz CT molecular complexity index is 1360. The number of hydrogen-bond acceptors (Lipinski definition) is 7. The van der Waals surface area contributed by atoms with Gasteiger partial charge < -0.3 is 14.8 Å². The molecule has 9 heteroatoms. The largest absolute Gasteiger partial charge is 0.476 e. The van der Waals surface area contributed by atoms with Gasteiger partial charge in [0.25, 0.3) is 5.56 Å². The van der Waals surface area contributed by atoms with E-state index in [-0.39, 0.29) is 17.1 Å². The first-order chi connectivity index (χ1) is 19.7. The second kappa shape index (κ2) is 15.8. The summed E-state index contributed by atoms with van der Waals surface area (Å²) in [6, 6.07) is 17.2. The summed E-state index contributed by atoms with van der Waals surface area (Å²) in [5.74, 6) is 0.356. The van der Waals surface area contributed by atoms with E-state index in [1.165, 1.54) is 9.25 Å². The van der Waals surface area contributed by atoms with Crippen LogP contribution < -0.4 is 21.3 Å². The van der Waals surface area contributed by atoms with E-state index in [0.717, 1.165) is 56.1 Å². The maximum Gasteiger partial charge on any atom is 0.349 e. The number of anilines is 1. The van der Waals surface area contributed by atoms with Crippen molar-refractivity contribution in [1.29, 1.82) is 0 Å². The van der Waals surface area contributed by atoms with Crippen molar-refractivity contribution in [2.45, 2.75) is 91.3 Å². The Morgan fingerprint density at radius 2 is 1.66 bits per heavy atom. The van der Waals surface area contributed by atoms with Crippen LogP contribution in [0, 0.1) is 0 Å². The van der Waals surface area contributed by atoms with Crippen molar-refractivity contribution >= 4 is 11.8 Å². The van der Waals surface area contributed by atoms with E-state index in [0.29, 0.717) is 32.0 Å². The average molecular weight is 565 g/mol. The maximum atomic E-state index is 13.2. The Labute approximate surface area is 242 Å². The number of unbranched alkanes of at least 4 members (excludes halogenated alkanes) is 4. The molecule has 1 heterocycles. The van der Waals surface area contributed by atoms with Gasteiger partial charge in [-0.15, -0.1) is 5.10 Å². The number of carbonyl (C=O) groups excluding carboxylic acids is 1. The summed E-state index contributed by atoms with van der Waals surface area (Å²) >= 11 is 0. The van der Waals surface area contributed by atoms with Crippen molar-refractivity contribution in [3.05, 3.63) is 86.6 Å². The Kier molecular flexibility index (Phi) is 12.2. The zero-order chi connectivity index (χ0) is 29.7. The Balaban J connectivity index is 1.68. The summed E-state index contributed by atoms with van der Waals surface area (Å²) in [7, 11) is 0. The van der Waals surface area contributed by atoms with E-state index in [9.17, 15) is 14.4 Å². The van der Waals surface area contributed by atoms with E-state index in [1.807, 2.05) is 54.6 Å². The van der Waals surface area contributed by atoms with Crippen molar-refractivity contribution in [2.75, 3.05) is 18.5 Å². The van der Waals surface area contributed by atoms with Gasteiger partial charge in [-0.25, -0.2) is 14.3 Å².